The third kappa shape index (κ3) is 3.37. The van der Waals surface area contributed by atoms with Crippen LogP contribution in [0.4, 0.5) is 0 Å². The summed E-state index contributed by atoms with van der Waals surface area (Å²) in [5.41, 5.74) is 1.79. The third-order valence-electron chi connectivity index (χ3n) is 4.88. The molecule has 1 fully saturated rings. The maximum absolute atomic E-state index is 12.8. The molecule has 1 atom stereocenters. The maximum Gasteiger partial charge on any atom is 0.295 e. The molecule has 1 amide bonds. The first-order valence-corrected chi connectivity index (χ1v) is 9.96. The summed E-state index contributed by atoms with van der Waals surface area (Å²) in [6.07, 6.45) is 0.640. The number of thiophene rings is 1. The van der Waals surface area contributed by atoms with Crippen LogP contribution in [0.3, 0.4) is 0 Å². The minimum Gasteiger partial charge on any atom is -0.507 e. The van der Waals surface area contributed by atoms with E-state index >= 15 is 0 Å². The number of carbonyl (C=O) groups excluding carboxylic acids is 2. The molecule has 1 unspecified atom stereocenters. The Kier molecular flexibility index (Phi) is 5.08. The number of benzene rings is 2. The fourth-order valence-corrected chi connectivity index (χ4v) is 4.34. The van der Waals surface area contributed by atoms with Crippen molar-refractivity contribution >= 4 is 28.8 Å². The van der Waals surface area contributed by atoms with Gasteiger partial charge in [0.25, 0.3) is 11.7 Å². The number of Topliss-reactive ketones (excluding diaryl/α,β-unsaturated/α-hetero) is 1. The number of rotatable bonds is 5. The highest BCUT2D eigenvalue weighted by Gasteiger charge is 2.46. The van der Waals surface area contributed by atoms with E-state index in [0.717, 1.165) is 10.4 Å². The second-order valence-electron chi connectivity index (χ2n) is 6.61. The molecule has 28 heavy (non-hydrogen) atoms. The van der Waals surface area contributed by atoms with Gasteiger partial charge in [-0.15, -0.1) is 11.3 Å². The summed E-state index contributed by atoms with van der Waals surface area (Å²) in [7, 11) is 0. The molecule has 3 aromatic rings. The SMILES string of the molecule is O=C1C(=O)N(CCc2ccccc2)C(c2cccs2)C1=C(O)c1ccccc1. The van der Waals surface area contributed by atoms with Gasteiger partial charge < -0.3 is 10.0 Å². The van der Waals surface area contributed by atoms with Crippen LogP contribution < -0.4 is 0 Å². The van der Waals surface area contributed by atoms with E-state index in [1.54, 1.807) is 29.2 Å². The van der Waals surface area contributed by atoms with Crippen molar-refractivity contribution in [1.82, 2.24) is 4.90 Å². The topological polar surface area (TPSA) is 57.6 Å². The predicted octanol–water partition coefficient (Wildman–Crippen LogP) is 4.41. The van der Waals surface area contributed by atoms with Gasteiger partial charge in [-0.1, -0.05) is 66.7 Å². The van der Waals surface area contributed by atoms with Crippen molar-refractivity contribution in [2.45, 2.75) is 12.5 Å². The highest BCUT2D eigenvalue weighted by Crippen LogP contribution is 2.41. The van der Waals surface area contributed by atoms with E-state index in [1.165, 1.54) is 11.3 Å². The van der Waals surface area contributed by atoms with Crippen molar-refractivity contribution in [3.8, 4) is 0 Å². The van der Waals surface area contributed by atoms with Gasteiger partial charge in [0, 0.05) is 17.0 Å². The summed E-state index contributed by atoms with van der Waals surface area (Å²) in [4.78, 5) is 28.1. The molecule has 4 rings (SSSR count). The van der Waals surface area contributed by atoms with Crippen molar-refractivity contribution in [1.29, 1.82) is 0 Å². The van der Waals surface area contributed by atoms with Crippen LogP contribution in [0.1, 0.15) is 22.0 Å². The zero-order valence-corrected chi connectivity index (χ0v) is 15.9. The van der Waals surface area contributed by atoms with Crippen molar-refractivity contribution in [3.63, 3.8) is 0 Å². The third-order valence-corrected chi connectivity index (χ3v) is 5.81. The fourth-order valence-electron chi connectivity index (χ4n) is 3.50. The molecule has 0 saturated carbocycles. The second-order valence-corrected chi connectivity index (χ2v) is 7.59. The van der Waals surface area contributed by atoms with Gasteiger partial charge in [0.05, 0.1) is 11.6 Å². The zero-order valence-electron chi connectivity index (χ0n) is 15.1. The number of amides is 1. The van der Waals surface area contributed by atoms with Crippen molar-refractivity contribution in [3.05, 3.63) is 99.8 Å². The Balaban J connectivity index is 1.74. The highest BCUT2D eigenvalue weighted by molar-refractivity contribution is 7.10. The van der Waals surface area contributed by atoms with Crippen LogP contribution in [0.2, 0.25) is 0 Å². The largest absolute Gasteiger partial charge is 0.507 e. The van der Waals surface area contributed by atoms with Gasteiger partial charge in [0.1, 0.15) is 5.76 Å². The molecule has 2 aromatic carbocycles. The molecule has 5 heteroatoms. The van der Waals surface area contributed by atoms with Gasteiger partial charge in [-0.2, -0.15) is 0 Å². The number of nitrogens with zero attached hydrogens (tertiary/aromatic N) is 1. The molecule has 1 aromatic heterocycles. The lowest BCUT2D eigenvalue weighted by atomic mass is 10.00. The fraction of sp³-hybridized carbons (Fsp3) is 0.130. The molecular formula is C23H19NO3S. The average molecular weight is 389 g/mol. The molecule has 0 spiro atoms. The first-order valence-electron chi connectivity index (χ1n) is 9.08. The first-order chi connectivity index (χ1) is 13.7. The number of carbonyl (C=O) groups is 2. The number of hydrogen-bond acceptors (Lipinski definition) is 4. The monoisotopic (exact) mass is 389 g/mol. The smallest absolute Gasteiger partial charge is 0.295 e. The molecule has 4 nitrogen and oxygen atoms in total. The normalized spacial score (nSPS) is 18.6. The van der Waals surface area contributed by atoms with E-state index in [-0.39, 0.29) is 11.3 Å². The number of hydrogen-bond donors (Lipinski definition) is 1. The zero-order chi connectivity index (χ0) is 19.5. The predicted molar refractivity (Wildman–Crippen MR) is 110 cm³/mol. The lowest BCUT2D eigenvalue weighted by molar-refractivity contribution is -0.139. The summed E-state index contributed by atoms with van der Waals surface area (Å²) in [6, 6.07) is 22.0. The van der Waals surface area contributed by atoms with Gasteiger partial charge in [0.15, 0.2) is 0 Å². The minimum atomic E-state index is -0.632. The van der Waals surface area contributed by atoms with E-state index in [4.69, 9.17) is 0 Å². The maximum atomic E-state index is 12.8. The lowest BCUT2D eigenvalue weighted by Gasteiger charge is -2.24. The standard InChI is InChI=1S/C23H19NO3S/c25-21(17-10-5-2-6-11-17)19-20(18-12-7-15-28-18)24(23(27)22(19)26)14-13-16-8-3-1-4-9-16/h1-12,15,20,25H,13-14H2. The second kappa shape index (κ2) is 7.82. The number of aliphatic hydroxyl groups is 1. The van der Waals surface area contributed by atoms with Crippen molar-refractivity contribution in [2.75, 3.05) is 6.54 Å². The molecule has 0 bridgehead atoms. The Bertz CT molecular complexity index is 1010. The molecule has 140 valence electrons. The van der Waals surface area contributed by atoms with Gasteiger partial charge in [0.2, 0.25) is 0 Å². The molecule has 0 radical (unpaired) electrons. The molecule has 0 aliphatic carbocycles. The molecule has 1 aliphatic rings. The van der Waals surface area contributed by atoms with Crippen LogP contribution in [0.25, 0.3) is 5.76 Å². The summed E-state index contributed by atoms with van der Waals surface area (Å²) in [6.45, 7) is 0.405. The van der Waals surface area contributed by atoms with Crippen LogP contribution >= 0.6 is 11.3 Å². The Morgan fingerprint density at radius 3 is 2.25 bits per heavy atom. The first kappa shape index (κ1) is 18.2. The van der Waals surface area contributed by atoms with E-state index in [0.29, 0.717) is 18.5 Å². The molecule has 2 heterocycles. The summed E-state index contributed by atoms with van der Waals surface area (Å²) >= 11 is 1.47. The van der Waals surface area contributed by atoms with E-state index in [2.05, 4.69) is 0 Å². The molecular weight excluding hydrogens is 370 g/mol. The Morgan fingerprint density at radius 1 is 0.929 bits per heavy atom. The quantitative estimate of drug-likeness (QED) is 0.399. The van der Waals surface area contributed by atoms with E-state index in [1.807, 2.05) is 53.9 Å². The number of ketones is 1. The summed E-state index contributed by atoms with van der Waals surface area (Å²) < 4.78 is 0. The number of aliphatic hydroxyl groups excluding tert-OH is 1. The Morgan fingerprint density at radius 2 is 1.61 bits per heavy atom. The van der Waals surface area contributed by atoms with E-state index < -0.39 is 17.7 Å². The van der Waals surface area contributed by atoms with Crippen LogP contribution in [0.5, 0.6) is 0 Å². The molecule has 1 saturated heterocycles. The Hall–Kier alpha value is -3.18. The van der Waals surface area contributed by atoms with Crippen LogP contribution in [0, 0.1) is 0 Å². The Labute approximate surface area is 167 Å². The summed E-state index contributed by atoms with van der Waals surface area (Å²) in [5.74, 6) is -1.32. The number of likely N-dealkylation sites (tertiary alicyclic amines) is 1. The highest BCUT2D eigenvalue weighted by atomic mass is 32.1. The van der Waals surface area contributed by atoms with Gasteiger partial charge in [-0.25, -0.2) is 0 Å². The van der Waals surface area contributed by atoms with Crippen molar-refractivity contribution in [2.24, 2.45) is 0 Å². The average Bonchev–Trinajstić information content (AvgIpc) is 3.35. The van der Waals surface area contributed by atoms with E-state index in [9.17, 15) is 14.7 Å². The van der Waals surface area contributed by atoms with Gasteiger partial charge >= 0.3 is 0 Å². The van der Waals surface area contributed by atoms with Gasteiger partial charge in [-0.3, -0.25) is 9.59 Å². The van der Waals surface area contributed by atoms with Crippen LogP contribution in [-0.4, -0.2) is 28.2 Å². The van der Waals surface area contributed by atoms with Crippen molar-refractivity contribution < 1.29 is 14.7 Å². The summed E-state index contributed by atoms with van der Waals surface area (Å²) in [5, 5.41) is 12.8. The minimum absolute atomic E-state index is 0.125. The molecule has 1 N–H and O–H groups in total. The van der Waals surface area contributed by atoms with Gasteiger partial charge in [-0.05, 0) is 23.4 Å². The van der Waals surface area contributed by atoms with Crippen LogP contribution in [0.15, 0.2) is 83.7 Å². The molecule has 1 aliphatic heterocycles. The lowest BCUT2D eigenvalue weighted by Crippen LogP contribution is -2.31. The van der Waals surface area contributed by atoms with Crippen LogP contribution in [-0.2, 0) is 16.0 Å².